The molecule has 0 spiro atoms. The van der Waals surface area contributed by atoms with Crippen LogP contribution in [0.2, 0.25) is 0 Å². The molecule has 0 aromatic heterocycles. The van der Waals surface area contributed by atoms with Crippen LogP contribution in [-0.2, 0) is 0 Å². The summed E-state index contributed by atoms with van der Waals surface area (Å²) in [7, 11) is 0. The van der Waals surface area contributed by atoms with Crippen LogP contribution in [0.15, 0.2) is 0 Å². The van der Waals surface area contributed by atoms with Crippen LogP contribution < -0.4 is 5.32 Å². The molecule has 0 aromatic rings. The van der Waals surface area contributed by atoms with E-state index in [9.17, 15) is 70.2 Å². The lowest BCUT2D eigenvalue weighted by atomic mass is 9.94. The van der Waals surface area contributed by atoms with Gasteiger partial charge in [0.25, 0.3) is 0 Å². The van der Waals surface area contributed by atoms with E-state index in [0.29, 0.717) is 0 Å². The van der Waals surface area contributed by atoms with Gasteiger partial charge in [-0.1, -0.05) is 0 Å². The quantitative estimate of drug-likeness (QED) is 0.517. The molecule has 0 heterocycles. The maximum atomic E-state index is 13.0. The normalized spacial score (nSPS) is 16.5. The Balaban J connectivity index is 6.84. The smallest absolute Gasteiger partial charge is 0.240 e. The second-order valence-electron chi connectivity index (χ2n) is 4.02. The number of halogens is 16. The summed E-state index contributed by atoms with van der Waals surface area (Å²) in [6, 6.07) is 0. The molecule has 0 radical (unpaired) electrons. The highest BCUT2D eigenvalue weighted by molar-refractivity contribution is 5.12. The van der Waals surface area contributed by atoms with Gasteiger partial charge in [-0.3, -0.25) is 0 Å². The van der Waals surface area contributed by atoms with Gasteiger partial charge in [0, 0.05) is 0 Å². The first-order valence-electron chi connectivity index (χ1n) is 4.77. The highest BCUT2D eigenvalue weighted by atomic mass is 19.4. The first-order valence-corrected chi connectivity index (χ1v) is 4.77. The van der Waals surface area contributed by atoms with Gasteiger partial charge in [-0.15, -0.1) is 0 Å². The summed E-state index contributed by atoms with van der Waals surface area (Å²) >= 11 is 0. The molecule has 24 heavy (non-hydrogen) atoms. The van der Waals surface area contributed by atoms with Crippen molar-refractivity contribution in [2.45, 2.75) is 42.2 Å². The molecule has 0 rings (SSSR count). The Labute approximate surface area is 119 Å². The average molecular weight is 403 g/mol. The zero-order valence-corrected chi connectivity index (χ0v) is 10.0. The van der Waals surface area contributed by atoms with Gasteiger partial charge in [0.15, 0.2) is 0 Å². The Kier molecular flexibility index (Phi) is 5.16. The van der Waals surface area contributed by atoms with Gasteiger partial charge in [0.2, 0.25) is 0 Å². The van der Waals surface area contributed by atoms with E-state index in [1.54, 1.807) is 0 Å². The topological polar surface area (TPSA) is 12.0 Å². The fraction of sp³-hybridized carbons (Fsp3) is 1.00. The Hall–Kier alpha value is -1.16. The number of nitrogens with one attached hydrogen (secondary N) is 1. The second kappa shape index (κ2) is 5.42. The van der Waals surface area contributed by atoms with Gasteiger partial charge in [0.05, 0.1) is 0 Å². The van der Waals surface area contributed by atoms with Crippen LogP contribution in [0.4, 0.5) is 70.2 Å². The van der Waals surface area contributed by atoms with Gasteiger partial charge in [0.1, 0.15) is 0 Å². The zero-order valence-electron chi connectivity index (χ0n) is 10.0. The number of alkyl halides is 16. The van der Waals surface area contributed by atoms with Gasteiger partial charge in [-0.25, -0.2) is 9.71 Å². The standard InChI is InChI=1S/C7HF16N/c8-2(6(18,19)20,7(21,22)23)24-1(3(9,10)11,4(12,13)14)5(15,16)17/h24H. The number of rotatable bonds is 2. The van der Waals surface area contributed by atoms with Crippen molar-refractivity contribution in [3.63, 3.8) is 0 Å². The highest BCUT2D eigenvalue weighted by Gasteiger charge is 2.89. The third kappa shape index (κ3) is 3.30. The fourth-order valence-corrected chi connectivity index (χ4v) is 1.26. The molecule has 0 fully saturated rings. The Morgan fingerprint density at radius 2 is 0.542 bits per heavy atom. The van der Waals surface area contributed by atoms with E-state index in [1.807, 2.05) is 0 Å². The molecular formula is C7HF16N. The first kappa shape index (κ1) is 22.8. The molecule has 0 saturated carbocycles. The van der Waals surface area contributed by atoms with Crippen molar-refractivity contribution >= 4 is 0 Å². The predicted octanol–water partition coefficient (Wildman–Crippen LogP) is 4.79. The van der Waals surface area contributed by atoms with Crippen molar-refractivity contribution in [1.82, 2.24) is 5.32 Å². The van der Waals surface area contributed by atoms with E-state index in [-0.39, 0.29) is 0 Å². The average Bonchev–Trinajstić information content (AvgIpc) is 2.15. The lowest BCUT2D eigenvalue weighted by Gasteiger charge is -2.44. The lowest BCUT2D eigenvalue weighted by molar-refractivity contribution is -0.428. The summed E-state index contributed by atoms with van der Waals surface area (Å²) in [6.45, 7) is 0. The molecule has 0 atom stereocenters. The molecule has 0 aliphatic carbocycles. The van der Waals surface area contributed by atoms with Gasteiger partial charge in [-0.2, -0.15) is 65.9 Å². The molecule has 146 valence electrons. The Morgan fingerprint density at radius 1 is 0.333 bits per heavy atom. The van der Waals surface area contributed by atoms with E-state index in [2.05, 4.69) is 0 Å². The third-order valence-corrected chi connectivity index (χ3v) is 2.42. The van der Waals surface area contributed by atoms with Gasteiger partial charge in [-0.05, 0) is 0 Å². The molecule has 17 heteroatoms. The zero-order chi connectivity index (χ0) is 20.2. The molecule has 0 aromatic carbocycles. The highest BCUT2D eigenvalue weighted by Crippen LogP contribution is 2.56. The minimum Gasteiger partial charge on any atom is -0.240 e. The molecule has 1 nitrogen and oxygen atoms in total. The maximum absolute atomic E-state index is 13.0. The molecule has 1 N–H and O–H groups in total. The van der Waals surface area contributed by atoms with E-state index in [0.717, 1.165) is 0 Å². The molecular weight excluding hydrogens is 402 g/mol. The second-order valence-corrected chi connectivity index (χ2v) is 4.02. The van der Waals surface area contributed by atoms with Crippen molar-refractivity contribution in [3.8, 4) is 0 Å². The van der Waals surface area contributed by atoms with Gasteiger partial charge < -0.3 is 0 Å². The van der Waals surface area contributed by atoms with Crippen LogP contribution in [0.1, 0.15) is 0 Å². The summed E-state index contributed by atoms with van der Waals surface area (Å²) in [5.41, 5.74) is -7.85. The van der Waals surface area contributed by atoms with Crippen LogP contribution >= 0.6 is 0 Å². The number of hydrogen-bond donors (Lipinski definition) is 1. The van der Waals surface area contributed by atoms with Crippen molar-refractivity contribution in [2.24, 2.45) is 0 Å². The molecule has 0 aliphatic heterocycles. The summed E-state index contributed by atoms with van der Waals surface area (Å²) in [5.74, 6) is -7.68. The predicted molar refractivity (Wildman–Crippen MR) is 40.0 cm³/mol. The molecule has 0 bridgehead atoms. The summed E-state index contributed by atoms with van der Waals surface area (Å²) in [4.78, 5) is 0. The molecule has 0 amide bonds. The Bertz CT molecular complexity index is 391. The van der Waals surface area contributed by atoms with Crippen molar-refractivity contribution in [3.05, 3.63) is 0 Å². The first-order chi connectivity index (χ1) is 9.96. The maximum Gasteiger partial charge on any atom is 0.446 e. The van der Waals surface area contributed by atoms with Crippen LogP contribution in [0, 0.1) is 0 Å². The Morgan fingerprint density at radius 3 is 0.667 bits per heavy atom. The molecule has 0 unspecified atom stereocenters. The van der Waals surface area contributed by atoms with Crippen LogP contribution in [0.3, 0.4) is 0 Å². The molecule has 0 saturated heterocycles. The minimum atomic E-state index is -7.88. The SMILES string of the molecule is FC(F)(F)C(F)(NC(C(F)(F)F)(C(F)(F)F)C(F)(F)F)C(F)(F)F. The summed E-state index contributed by atoms with van der Waals surface area (Å²) < 4.78 is 196. The molecule has 0 aliphatic rings. The third-order valence-electron chi connectivity index (χ3n) is 2.42. The van der Waals surface area contributed by atoms with E-state index in [4.69, 9.17) is 0 Å². The lowest BCUT2D eigenvalue weighted by Crippen LogP contribution is -2.81. The fourth-order valence-electron chi connectivity index (χ4n) is 1.26. The van der Waals surface area contributed by atoms with Crippen LogP contribution in [-0.4, -0.2) is 42.2 Å². The monoisotopic (exact) mass is 403 g/mol. The van der Waals surface area contributed by atoms with Crippen molar-refractivity contribution < 1.29 is 70.2 Å². The minimum absolute atomic E-state index is 1.95. The number of hydrogen-bond acceptors (Lipinski definition) is 1. The largest absolute Gasteiger partial charge is 0.446 e. The summed E-state index contributed by atoms with van der Waals surface area (Å²) in [5, 5.41) is -1.95. The van der Waals surface area contributed by atoms with Crippen LogP contribution in [0.25, 0.3) is 0 Å². The van der Waals surface area contributed by atoms with Crippen molar-refractivity contribution in [2.75, 3.05) is 0 Å². The van der Waals surface area contributed by atoms with Gasteiger partial charge >= 0.3 is 42.2 Å². The van der Waals surface area contributed by atoms with E-state index in [1.165, 1.54) is 0 Å². The van der Waals surface area contributed by atoms with Crippen molar-refractivity contribution in [1.29, 1.82) is 0 Å². The van der Waals surface area contributed by atoms with Crippen LogP contribution in [0.5, 0.6) is 0 Å². The summed E-state index contributed by atoms with van der Waals surface area (Å²) in [6.07, 6.45) is -38.9. The van der Waals surface area contributed by atoms with E-state index < -0.39 is 47.5 Å². The van der Waals surface area contributed by atoms with E-state index >= 15 is 0 Å².